The van der Waals surface area contributed by atoms with Crippen LogP contribution < -0.4 is 0 Å². The van der Waals surface area contributed by atoms with E-state index >= 15 is 0 Å². The van der Waals surface area contributed by atoms with Crippen molar-refractivity contribution in [1.29, 1.82) is 0 Å². The van der Waals surface area contributed by atoms with E-state index in [-0.39, 0.29) is 5.97 Å². The molecule has 0 aliphatic carbocycles. The van der Waals surface area contributed by atoms with Crippen LogP contribution in [0.25, 0.3) is 0 Å². The topological polar surface area (TPSA) is 32.8 Å². The van der Waals surface area contributed by atoms with Crippen molar-refractivity contribution in [2.45, 2.75) is 258 Å². The third-order valence-electron chi connectivity index (χ3n) is 12.2. The maximum Gasteiger partial charge on any atom is 0.307 e. The summed E-state index contributed by atoms with van der Waals surface area (Å²) >= 11 is 0. The highest BCUT2D eigenvalue weighted by molar-refractivity contribution is 8.76. The highest BCUT2D eigenvalue weighted by atomic mass is 33.1. The lowest BCUT2D eigenvalue weighted by molar-refractivity contribution is -0.143. The van der Waals surface area contributed by atoms with Crippen LogP contribution in [0.5, 0.6) is 0 Å². The molecule has 0 radical (unpaired) electrons. The van der Waals surface area contributed by atoms with Crippen molar-refractivity contribution < 1.29 is 9.53 Å². The van der Waals surface area contributed by atoms with Gasteiger partial charge in [0.15, 0.2) is 0 Å². The molecule has 0 aromatic rings. The quantitative estimate of drug-likeness (QED) is 0.0262. The minimum atomic E-state index is -0.0116. The fourth-order valence-electron chi connectivity index (χ4n) is 8.22. The predicted molar refractivity (Wildman–Crippen MR) is 290 cm³/mol. The molecule has 0 aliphatic heterocycles. The fraction of sp³-hybridized carbons (Fsp3) is 0.842. The van der Waals surface area contributed by atoms with Crippen LogP contribution >= 0.6 is 21.6 Å². The number of nitrogens with zero attached hydrogens (tertiary/aromatic N) is 2. The van der Waals surface area contributed by atoms with Crippen LogP contribution in [-0.4, -0.2) is 73.7 Å². The third kappa shape index (κ3) is 50.3. The van der Waals surface area contributed by atoms with E-state index in [4.69, 9.17) is 4.74 Å². The Kier molecular flexibility index (Phi) is 52.9. The molecule has 6 heteroatoms. The van der Waals surface area contributed by atoms with Crippen molar-refractivity contribution in [2.75, 3.05) is 51.8 Å². The second-order valence-electron chi connectivity index (χ2n) is 18.7. The van der Waals surface area contributed by atoms with Gasteiger partial charge in [0.25, 0.3) is 0 Å². The van der Waals surface area contributed by atoms with E-state index in [0.29, 0.717) is 19.1 Å². The van der Waals surface area contributed by atoms with Gasteiger partial charge in [-0.3, -0.25) is 9.69 Å². The molecule has 4 nitrogen and oxygen atoms in total. The van der Waals surface area contributed by atoms with E-state index in [1.807, 2.05) is 21.6 Å². The van der Waals surface area contributed by atoms with Gasteiger partial charge in [-0.05, 0) is 117 Å². The number of carbonyl (C=O) groups is 1. The molecule has 0 saturated carbocycles. The highest BCUT2D eigenvalue weighted by Crippen LogP contribution is 2.24. The lowest BCUT2D eigenvalue weighted by Crippen LogP contribution is -2.39. The maximum absolute atomic E-state index is 13.0. The smallest absolute Gasteiger partial charge is 0.307 e. The first-order valence-corrected chi connectivity index (χ1v) is 29.9. The van der Waals surface area contributed by atoms with Crippen molar-refractivity contribution >= 4 is 27.6 Å². The van der Waals surface area contributed by atoms with E-state index in [1.54, 1.807) is 0 Å². The second-order valence-corrected chi connectivity index (χ2v) is 21.4. The van der Waals surface area contributed by atoms with Gasteiger partial charge in [0.1, 0.15) is 6.61 Å². The van der Waals surface area contributed by atoms with Gasteiger partial charge in [0.2, 0.25) is 0 Å². The Balaban J connectivity index is 4.79. The Morgan fingerprint density at radius 2 is 0.841 bits per heavy atom. The van der Waals surface area contributed by atoms with Crippen molar-refractivity contribution in [1.82, 2.24) is 9.80 Å². The molecular formula is C57H108N2O2S2. The Bertz CT molecular complexity index is 980. The van der Waals surface area contributed by atoms with Crippen LogP contribution in [0, 0.1) is 0 Å². The molecule has 0 atom stereocenters. The average molecular weight is 918 g/mol. The van der Waals surface area contributed by atoms with Crippen LogP contribution in [0.2, 0.25) is 0 Å². The van der Waals surface area contributed by atoms with E-state index < -0.39 is 0 Å². The molecule has 0 aliphatic rings. The highest BCUT2D eigenvalue weighted by Gasteiger charge is 2.19. The first kappa shape index (κ1) is 62.1. The third-order valence-corrected chi connectivity index (χ3v) is 14.7. The summed E-state index contributed by atoms with van der Waals surface area (Å²) in [6.07, 6.45) is 65.2. The number of rotatable bonds is 51. The first-order valence-electron chi connectivity index (χ1n) is 27.4. The van der Waals surface area contributed by atoms with Gasteiger partial charge < -0.3 is 9.64 Å². The summed E-state index contributed by atoms with van der Waals surface area (Å²) in [5, 5.41) is 0. The van der Waals surface area contributed by atoms with E-state index in [0.717, 1.165) is 44.6 Å². The Morgan fingerprint density at radius 3 is 1.32 bits per heavy atom. The standard InChI is InChI=1S/C57H108N2O2S2/c1-6-9-12-15-18-21-23-25-27-29-31-33-35-37-40-43-47-56(48-44-41-38-36-34-32-30-28-26-24-22-19-16-13-10-7-2)59(51-46-50-58(4)5)52-49-57(60)61-53-55-63-62-54-45-42-39-20-17-14-11-8-3/h18-19,21-22,25-28,56H,6-17,20,23-24,29-55H2,1-5H3/b21-18-,22-19-,27-25-,28-26-. The summed E-state index contributed by atoms with van der Waals surface area (Å²) in [4.78, 5) is 18.0. The zero-order valence-corrected chi connectivity index (χ0v) is 44.6. The van der Waals surface area contributed by atoms with Crippen LogP contribution in [0.1, 0.15) is 252 Å². The molecule has 0 saturated heterocycles. The lowest BCUT2D eigenvalue weighted by atomic mass is 9.98. The molecule has 0 aromatic heterocycles. The molecule has 0 aromatic carbocycles. The maximum atomic E-state index is 13.0. The minimum Gasteiger partial charge on any atom is -0.465 e. The summed E-state index contributed by atoms with van der Waals surface area (Å²) in [5.74, 6) is 2.09. The molecule has 63 heavy (non-hydrogen) atoms. The van der Waals surface area contributed by atoms with Crippen molar-refractivity contribution in [3.05, 3.63) is 48.6 Å². The minimum absolute atomic E-state index is 0.0116. The molecule has 0 bridgehead atoms. The van der Waals surface area contributed by atoms with E-state index in [2.05, 4.69) is 93.3 Å². The molecule has 0 N–H and O–H groups in total. The summed E-state index contributed by atoms with van der Waals surface area (Å²) in [7, 11) is 8.19. The Labute approximate surface area is 403 Å². The van der Waals surface area contributed by atoms with Crippen molar-refractivity contribution in [2.24, 2.45) is 0 Å². The number of esters is 1. The zero-order valence-electron chi connectivity index (χ0n) is 42.9. The largest absolute Gasteiger partial charge is 0.465 e. The predicted octanol–water partition coefficient (Wildman–Crippen LogP) is 18.5. The summed E-state index contributed by atoms with van der Waals surface area (Å²) in [5.41, 5.74) is 0. The Hall–Kier alpha value is -0.950. The Morgan fingerprint density at radius 1 is 0.444 bits per heavy atom. The SMILES string of the molecule is CCCCC/C=C\C/C=C\CCCCCCCCC(CCCCCCCC/C=C\C/C=C\CCCCC)N(CCCN(C)C)CCC(=O)OCCSSCCCCCCCCCC. The molecule has 370 valence electrons. The number of hydrogen-bond donors (Lipinski definition) is 0. The van der Waals surface area contributed by atoms with E-state index in [1.165, 1.54) is 211 Å². The molecular weight excluding hydrogens is 809 g/mol. The number of allylic oxidation sites excluding steroid dienone is 8. The molecule has 0 fully saturated rings. The van der Waals surface area contributed by atoms with Gasteiger partial charge in [0, 0.05) is 24.1 Å². The average Bonchev–Trinajstić information content (AvgIpc) is 3.28. The summed E-state index contributed by atoms with van der Waals surface area (Å²) in [6, 6.07) is 0.569. The van der Waals surface area contributed by atoms with Gasteiger partial charge in [-0.2, -0.15) is 0 Å². The normalized spacial score (nSPS) is 12.4. The van der Waals surface area contributed by atoms with Gasteiger partial charge in [-0.25, -0.2) is 0 Å². The van der Waals surface area contributed by atoms with Crippen LogP contribution in [-0.2, 0) is 9.53 Å². The van der Waals surface area contributed by atoms with Gasteiger partial charge >= 0.3 is 5.97 Å². The summed E-state index contributed by atoms with van der Waals surface area (Å²) < 4.78 is 5.77. The van der Waals surface area contributed by atoms with Crippen molar-refractivity contribution in [3.8, 4) is 0 Å². The fourth-order valence-corrected chi connectivity index (χ4v) is 10.2. The van der Waals surface area contributed by atoms with Gasteiger partial charge in [0.05, 0.1) is 6.42 Å². The lowest BCUT2D eigenvalue weighted by Gasteiger charge is -2.32. The molecule has 0 heterocycles. The monoisotopic (exact) mass is 917 g/mol. The van der Waals surface area contributed by atoms with Gasteiger partial charge in [-0.1, -0.05) is 226 Å². The first-order chi connectivity index (χ1) is 31.0. The van der Waals surface area contributed by atoms with Crippen LogP contribution in [0.15, 0.2) is 48.6 Å². The van der Waals surface area contributed by atoms with Gasteiger partial charge in [-0.15, -0.1) is 0 Å². The number of unbranched alkanes of at least 4 members (excludes halogenated alkanes) is 25. The summed E-state index contributed by atoms with van der Waals surface area (Å²) in [6.45, 7) is 10.4. The molecule has 0 unspecified atom stereocenters. The number of carbonyl (C=O) groups excluding carboxylic acids is 1. The van der Waals surface area contributed by atoms with Crippen molar-refractivity contribution in [3.63, 3.8) is 0 Å². The molecule has 0 amide bonds. The number of ether oxygens (including phenoxy) is 1. The number of hydrogen-bond acceptors (Lipinski definition) is 6. The van der Waals surface area contributed by atoms with Crippen LogP contribution in [0.4, 0.5) is 0 Å². The van der Waals surface area contributed by atoms with Crippen LogP contribution in [0.3, 0.4) is 0 Å². The second kappa shape index (κ2) is 53.7. The van der Waals surface area contributed by atoms with E-state index in [9.17, 15) is 4.79 Å². The zero-order chi connectivity index (χ0) is 45.8. The molecule has 0 rings (SSSR count). The molecule has 0 spiro atoms.